The number of allylic oxidation sites excluding steroid dienone is 2. The summed E-state index contributed by atoms with van der Waals surface area (Å²) in [6, 6.07) is 0. The Morgan fingerprint density at radius 1 is 0.281 bits per heavy atom. The maximum absolute atomic E-state index is 12.1. The van der Waals surface area contributed by atoms with Crippen molar-refractivity contribution in [3.05, 3.63) is 12.2 Å². The van der Waals surface area contributed by atoms with Gasteiger partial charge in [0.15, 0.2) is 0 Å². The third kappa shape index (κ3) is 53.2. The lowest BCUT2D eigenvalue weighted by atomic mass is 10.0. The van der Waals surface area contributed by atoms with Gasteiger partial charge in [-0.15, -0.1) is 0 Å². The largest absolute Gasteiger partial charge is 0.466 e. The molecule has 0 rings (SSSR count). The quantitative estimate of drug-likeness (QED) is 0.0348. The minimum Gasteiger partial charge on any atom is -0.466 e. The van der Waals surface area contributed by atoms with Gasteiger partial charge in [0.2, 0.25) is 0 Å². The van der Waals surface area contributed by atoms with E-state index in [0.29, 0.717) is 13.0 Å². The average molecular weight is 801 g/mol. The van der Waals surface area contributed by atoms with Gasteiger partial charge < -0.3 is 4.74 Å². The molecule has 0 spiro atoms. The van der Waals surface area contributed by atoms with Gasteiger partial charge in [-0.05, 0) is 38.5 Å². The van der Waals surface area contributed by atoms with E-state index in [4.69, 9.17) is 4.74 Å². The minimum absolute atomic E-state index is 0.0286. The third-order valence-electron chi connectivity index (χ3n) is 12.7. The van der Waals surface area contributed by atoms with Crippen molar-refractivity contribution < 1.29 is 9.53 Å². The molecular formula is C55H108O2. The molecule has 0 amide bonds. The molecule has 0 aromatic heterocycles. The van der Waals surface area contributed by atoms with Crippen LogP contribution in [0.25, 0.3) is 0 Å². The summed E-state index contributed by atoms with van der Waals surface area (Å²) >= 11 is 0. The zero-order valence-corrected chi connectivity index (χ0v) is 39.8. The van der Waals surface area contributed by atoms with Gasteiger partial charge in [0.1, 0.15) is 0 Å². The smallest absolute Gasteiger partial charge is 0.305 e. The first-order chi connectivity index (χ1) is 28.3. The highest BCUT2D eigenvalue weighted by Crippen LogP contribution is 2.18. The summed E-state index contributed by atoms with van der Waals surface area (Å²) in [7, 11) is 0. The third-order valence-corrected chi connectivity index (χ3v) is 12.7. The standard InChI is InChI=1S/C55H108O2/c1-3-5-7-9-11-13-15-17-19-21-22-23-24-25-26-27-28-29-30-31-32-33-34-35-36-38-40-42-44-46-48-50-52-54-57-55(56)53-51-49-47-45-43-41-39-37-20-18-16-14-12-10-8-6-4-2/h14,16H,3-13,15,17-54H2,1-2H3. The fraction of sp³-hybridized carbons (Fsp3) is 0.945. The molecule has 0 fully saturated rings. The number of rotatable bonds is 51. The predicted octanol–water partition coefficient (Wildman–Crippen LogP) is 20.2. The average Bonchev–Trinajstić information content (AvgIpc) is 3.22. The van der Waals surface area contributed by atoms with Crippen LogP contribution in [0.2, 0.25) is 0 Å². The zero-order valence-electron chi connectivity index (χ0n) is 39.8. The predicted molar refractivity (Wildman–Crippen MR) is 258 cm³/mol. The topological polar surface area (TPSA) is 26.3 Å². The van der Waals surface area contributed by atoms with Crippen molar-refractivity contribution >= 4 is 5.97 Å². The highest BCUT2D eigenvalue weighted by Gasteiger charge is 2.03. The molecule has 2 nitrogen and oxygen atoms in total. The first kappa shape index (κ1) is 56.2. The second-order valence-electron chi connectivity index (χ2n) is 18.6. The van der Waals surface area contributed by atoms with E-state index < -0.39 is 0 Å². The first-order valence-corrected chi connectivity index (χ1v) is 27.1. The zero-order chi connectivity index (χ0) is 41.1. The number of carbonyl (C=O) groups excluding carboxylic acids is 1. The van der Waals surface area contributed by atoms with Crippen molar-refractivity contribution in [3.8, 4) is 0 Å². The van der Waals surface area contributed by atoms with Crippen LogP contribution in [-0.4, -0.2) is 12.6 Å². The number of hydrogen-bond acceptors (Lipinski definition) is 2. The molecule has 0 aliphatic heterocycles. The number of hydrogen-bond donors (Lipinski definition) is 0. The lowest BCUT2D eigenvalue weighted by Gasteiger charge is -2.06. The van der Waals surface area contributed by atoms with Crippen LogP contribution < -0.4 is 0 Å². The molecule has 0 aliphatic rings. The Labute approximate surface area is 361 Å². The summed E-state index contributed by atoms with van der Waals surface area (Å²) in [4.78, 5) is 12.1. The molecular weight excluding hydrogens is 693 g/mol. The number of ether oxygens (including phenoxy) is 1. The van der Waals surface area contributed by atoms with Crippen LogP contribution in [-0.2, 0) is 9.53 Å². The number of carbonyl (C=O) groups is 1. The molecule has 0 bridgehead atoms. The maximum Gasteiger partial charge on any atom is 0.305 e. The van der Waals surface area contributed by atoms with Crippen LogP contribution in [0.5, 0.6) is 0 Å². The van der Waals surface area contributed by atoms with Crippen LogP contribution in [0.3, 0.4) is 0 Å². The van der Waals surface area contributed by atoms with E-state index in [-0.39, 0.29) is 5.97 Å². The fourth-order valence-corrected chi connectivity index (χ4v) is 8.61. The lowest BCUT2D eigenvalue weighted by Crippen LogP contribution is -2.05. The highest BCUT2D eigenvalue weighted by atomic mass is 16.5. The van der Waals surface area contributed by atoms with Crippen molar-refractivity contribution in [2.24, 2.45) is 0 Å². The molecule has 0 saturated carbocycles. The SMILES string of the molecule is CCCCCCC=CCCCCCCCCCCCC(=O)OCCCCCCCCCCCCCCCCCCCCCCCCCCCCCCCCCCC. The van der Waals surface area contributed by atoms with Gasteiger partial charge in [0, 0.05) is 6.42 Å². The maximum atomic E-state index is 12.1. The molecule has 340 valence electrons. The molecule has 57 heavy (non-hydrogen) atoms. The molecule has 0 heterocycles. The van der Waals surface area contributed by atoms with Gasteiger partial charge in [-0.2, -0.15) is 0 Å². The number of unbranched alkanes of at least 4 members (excludes halogenated alkanes) is 45. The molecule has 0 aromatic rings. The van der Waals surface area contributed by atoms with Gasteiger partial charge in [-0.1, -0.05) is 296 Å². The van der Waals surface area contributed by atoms with Crippen LogP contribution in [0.1, 0.15) is 328 Å². The summed E-state index contributed by atoms with van der Waals surface area (Å²) in [6.45, 7) is 5.22. The van der Waals surface area contributed by atoms with Gasteiger partial charge >= 0.3 is 5.97 Å². The summed E-state index contributed by atoms with van der Waals surface area (Å²) < 4.78 is 5.50. The second kappa shape index (κ2) is 53.2. The van der Waals surface area contributed by atoms with Gasteiger partial charge in [-0.3, -0.25) is 4.79 Å². The van der Waals surface area contributed by atoms with Crippen molar-refractivity contribution in [2.75, 3.05) is 6.61 Å². The molecule has 0 atom stereocenters. The van der Waals surface area contributed by atoms with E-state index in [1.807, 2.05) is 0 Å². The van der Waals surface area contributed by atoms with E-state index in [1.165, 1.54) is 295 Å². The Morgan fingerprint density at radius 3 is 0.772 bits per heavy atom. The minimum atomic E-state index is 0.0286. The Balaban J connectivity index is 3.14. The summed E-state index contributed by atoms with van der Waals surface area (Å²) in [5.74, 6) is 0.0286. The van der Waals surface area contributed by atoms with E-state index in [2.05, 4.69) is 26.0 Å². The summed E-state index contributed by atoms with van der Waals surface area (Å²) in [5, 5.41) is 0. The van der Waals surface area contributed by atoms with Crippen LogP contribution in [0, 0.1) is 0 Å². The van der Waals surface area contributed by atoms with E-state index >= 15 is 0 Å². The molecule has 0 radical (unpaired) electrons. The Kier molecular flexibility index (Phi) is 52.5. The summed E-state index contributed by atoms with van der Waals surface area (Å²) in [5.41, 5.74) is 0. The van der Waals surface area contributed by atoms with Gasteiger partial charge in [0.05, 0.1) is 6.61 Å². The molecule has 0 unspecified atom stereocenters. The van der Waals surface area contributed by atoms with Gasteiger partial charge in [0.25, 0.3) is 0 Å². The monoisotopic (exact) mass is 801 g/mol. The van der Waals surface area contributed by atoms with Crippen molar-refractivity contribution in [3.63, 3.8) is 0 Å². The van der Waals surface area contributed by atoms with E-state index in [9.17, 15) is 4.79 Å². The first-order valence-electron chi connectivity index (χ1n) is 27.1. The Bertz CT molecular complexity index is 743. The molecule has 0 aromatic carbocycles. The van der Waals surface area contributed by atoms with Crippen molar-refractivity contribution in [2.45, 2.75) is 328 Å². The highest BCUT2D eigenvalue weighted by molar-refractivity contribution is 5.69. The lowest BCUT2D eigenvalue weighted by molar-refractivity contribution is -0.143. The molecule has 0 N–H and O–H groups in total. The van der Waals surface area contributed by atoms with Gasteiger partial charge in [-0.25, -0.2) is 0 Å². The normalized spacial score (nSPS) is 11.7. The van der Waals surface area contributed by atoms with Crippen molar-refractivity contribution in [1.29, 1.82) is 0 Å². The second-order valence-corrected chi connectivity index (χ2v) is 18.6. The van der Waals surface area contributed by atoms with E-state index in [1.54, 1.807) is 0 Å². The van der Waals surface area contributed by atoms with Crippen LogP contribution in [0.15, 0.2) is 12.2 Å². The summed E-state index contributed by atoms with van der Waals surface area (Å²) in [6.07, 6.45) is 72.4. The van der Waals surface area contributed by atoms with Crippen LogP contribution in [0.4, 0.5) is 0 Å². The van der Waals surface area contributed by atoms with Crippen LogP contribution >= 0.6 is 0 Å². The Hall–Kier alpha value is -0.790. The molecule has 0 aliphatic carbocycles. The molecule has 2 heteroatoms. The fourth-order valence-electron chi connectivity index (χ4n) is 8.61. The number of esters is 1. The molecule has 0 saturated heterocycles. The Morgan fingerprint density at radius 2 is 0.491 bits per heavy atom. The van der Waals surface area contributed by atoms with E-state index in [0.717, 1.165) is 12.8 Å². The van der Waals surface area contributed by atoms with Crippen molar-refractivity contribution in [1.82, 2.24) is 0 Å².